The van der Waals surface area contributed by atoms with Crippen LogP contribution in [-0.4, -0.2) is 36.7 Å². The van der Waals surface area contributed by atoms with Crippen molar-refractivity contribution in [2.24, 2.45) is 5.73 Å². The molecule has 6 nitrogen and oxygen atoms in total. The first kappa shape index (κ1) is 18.3. The van der Waals surface area contributed by atoms with E-state index in [4.69, 9.17) is 20.2 Å². The Morgan fingerprint density at radius 1 is 1.18 bits per heavy atom. The summed E-state index contributed by atoms with van der Waals surface area (Å²) in [6, 6.07) is 15.5. The third-order valence-corrected chi connectivity index (χ3v) is 5.16. The summed E-state index contributed by atoms with van der Waals surface area (Å²) in [7, 11) is 1.65. The van der Waals surface area contributed by atoms with Crippen molar-refractivity contribution >= 4 is 16.8 Å². The van der Waals surface area contributed by atoms with Crippen LogP contribution in [-0.2, 0) is 4.79 Å². The molecule has 0 saturated carbocycles. The molecule has 28 heavy (non-hydrogen) atoms. The number of aromatic nitrogens is 1. The zero-order chi connectivity index (χ0) is 19.7. The first-order valence-corrected chi connectivity index (χ1v) is 9.30. The Kier molecular flexibility index (Phi) is 4.88. The Hall–Kier alpha value is -3.12. The minimum atomic E-state index is -0.353. The summed E-state index contributed by atoms with van der Waals surface area (Å²) in [6.45, 7) is 2.57. The van der Waals surface area contributed by atoms with Gasteiger partial charge in [0.15, 0.2) is 0 Å². The molecule has 2 heterocycles. The SMILES string of the molecule is COc1ccc2c(OC3CNC(C(N)=O)C3)cc(-c3ccccc3)nc2c1C. The molecule has 3 N–H and O–H groups in total. The Morgan fingerprint density at radius 3 is 2.64 bits per heavy atom. The fourth-order valence-electron chi connectivity index (χ4n) is 3.64. The molecule has 0 bridgehead atoms. The van der Waals surface area contributed by atoms with Gasteiger partial charge in [-0.25, -0.2) is 4.98 Å². The minimum absolute atomic E-state index is 0.130. The number of aryl methyl sites for hydroxylation is 1. The van der Waals surface area contributed by atoms with E-state index in [9.17, 15) is 4.79 Å². The van der Waals surface area contributed by atoms with Crippen LogP contribution in [0.15, 0.2) is 48.5 Å². The van der Waals surface area contributed by atoms with Gasteiger partial charge in [-0.3, -0.25) is 4.79 Å². The molecule has 2 atom stereocenters. The first-order valence-electron chi connectivity index (χ1n) is 9.30. The number of fused-ring (bicyclic) bond motifs is 1. The molecular formula is C22H23N3O3. The zero-order valence-corrected chi connectivity index (χ0v) is 15.9. The lowest BCUT2D eigenvalue weighted by Gasteiger charge is -2.17. The van der Waals surface area contributed by atoms with Crippen LogP contribution in [0, 0.1) is 6.92 Å². The standard InChI is InChI=1S/C22H23N3O3/c1-13-19(27-2)9-8-16-20(28-15-10-18(22(23)26)24-12-15)11-17(25-21(13)16)14-6-4-3-5-7-14/h3-9,11,15,18,24H,10,12H2,1-2H3,(H2,23,26). The van der Waals surface area contributed by atoms with Crippen LogP contribution in [0.4, 0.5) is 0 Å². The molecule has 0 aliphatic carbocycles. The predicted octanol–water partition coefficient (Wildman–Crippen LogP) is 2.81. The number of pyridine rings is 1. The van der Waals surface area contributed by atoms with Gasteiger partial charge in [0.1, 0.15) is 17.6 Å². The van der Waals surface area contributed by atoms with E-state index in [1.165, 1.54) is 0 Å². The van der Waals surface area contributed by atoms with Crippen LogP contribution in [0.5, 0.6) is 11.5 Å². The van der Waals surface area contributed by atoms with Crippen LogP contribution in [0.25, 0.3) is 22.2 Å². The molecule has 3 aromatic rings. The van der Waals surface area contributed by atoms with Crippen molar-refractivity contribution in [3.63, 3.8) is 0 Å². The lowest BCUT2D eigenvalue weighted by molar-refractivity contribution is -0.119. The molecule has 2 unspecified atom stereocenters. The summed E-state index contributed by atoms with van der Waals surface area (Å²) < 4.78 is 11.8. The largest absolute Gasteiger partial charge is 0.496 e. The highest BCUT2D eigenvalue weighted by atomic mass is 16.5. The number of amides is 1. The van der Waals surface area contributed by atoms with Crippen molar-refractivity contribution in [2.45, 2.75) is 25.5 Å². The average Bonchev–Trinajstić information content (AvgIpc) is 3.18. The van der Waals surface area contributed by atoms with E-state index in [-0.39, 0.29) is 18.1 Å². The number of methoxy groups -OCH3 is 1. The van der Waals surface area contributed by atoms with Gasteiger partial charge in [-0.05, 0) is 19.1 Å². The third-order valence-electron chi connectivity index (χ3n) is 5.16. The summed E-state index contributed by atoms with van der Waals surface area (Å²) in [4.78, 5) is 16.3. The maximum atomic E-state index is 11.4. The number of primary amides is 1. The number of nitrogens with two attached hydrogens (primary N) is 1. The van der Waals surface area contributed by atoms with E-state index >= 15 is 0 Å². The molecule has 144 valence electrons. The normalized spacial score (nSPS) is 18.9. The van der Waals surface area contributed by atoms with Gasteiger partial charge in [-0.15, -0.1) is 0 Å². The van der Waals surface area contributed by atoms with Crippen LogP contribution in [0.1, 0.15) is 12.0 Å². The van der Waals surface area contributed by atoms with Crippen molar-refractivity contribution in [2.75, 3.05) is 13.7 Å². The Bertz CT molecular complexity index is 1020. The van der Waals surface area contributed by atoms with Crippen molar-refractivity contribution in [1.82, 2.24) is 10.3 Å². The van der Waals surface area contributed by atoms with Gasteiger partial charge in [-0.1, -0.05) is 30.3 Å². The number of carbonyl (C=O) groups is 1. The molecule has 6 heteroatoms. The summed E-state index contributed by atoms with van der Waals surface area (Å²) in [5, 5.41) is 4.03. The molecule has 2 aromatic carbocycles. The van der Waals surface area contributed by atoms with Crippen molar-refractivity contribution < 1.29 is 14.3 Å². The van der Waals surface area contributed by atoms with Crippen LogP contribution in [0.2, 0.25) is 0 Å². The van der Waals surface area contributed by atoms with E-state index in [1.54, 1.807) is 7.11 Å². The van der Waals surface area contributed by atoms with E-state index < -0.39 is 0 Å². The molecule has 1 fully saturated rings. The van der Waals surface area contributed by atoms with Crippen molar-refractivity contribution in [3.05, 3.63) is 54.1 Å². The first-order chi connectivity index (χ1) is 13.6. The number of nitrogens with one attached hydrogen (secondary N) is 1. The van der Waals surface area contributed by atoms with Gasteiger partial charge in [0, 0.05) is 35.5 Å². The lowest BCUT2D eigenvalue weighted by atomic mass is 10.1. The number of benzene rings is 2. The zero-order valence-electron chi connectivity index (χ0n) is 15.9. The summed E-state index contributed by atoms with van der Waals surface area (Å²) >= 11 is 0. The van der Waals surface area contributed by atoms with Crippen LogP contribution < -0.4 is 20.5 Å². The highest BCUT2D eigenvalue weighted by Gasteiger charge is 2.29. The smallest absolute Gasteiger partial charge is 0.234 e. The summed E-state index contributed by atoms with van der Waals surface area (Å²) in [5.74, 6) is 1.18. The summed E-state index contributed by atoms with van der Waals surface area (Å²) in [6.07, 6.45) is 0.420. The molecule has 0 radical (unpaired) electrons. The van der Waals surface area contributed by atoms with Gasteiger partial charge in [0.2, 0.25) is 5.91 Å². The Balaban J connectivity index is 1.80. The quantitative estimate of drug-likeness (QED) is 0.714. The topological polar surface area (TPSA) is 86.5 Å². The number of hydrogen-bond acceptors (Lipinski definition) is 5. The van der Waals surface area contributed by atoms with Crippen molar-refractivity contribution in [3.8, 4) is 22.8 Å². The lowest BCUT2D eigenvalue weighted by Crippen LogP contribution is -2.36. The van der Waals surface area contributed by atoms with Gasteiger partial charge in [-0.2, -0.15) is 0 Å². The molecule has 1 aromatic heterocycles. The van der Waals surface area contributed by atoms with Gasteiger partial charge < -0.3 is 20.5 Å². The molecule has 1 aliphatic rings. The monoisotopic (exact) mass is 377 g/mol. The van der Waals surface area contributed by atoms with E-state index in [2.05, 4.69) is 5.32 Å². The number of rotatable bonds is 5. The summed E-state index contributed by atoms with van der Waals surface area (Å²) in [5.41, 5.74) is 9.06. The third kappa shape index (κ3) is 3.39. The predicted molar refractivity (Wildman–Crippen MR) is 108 cm³/mol. The van der Waals surface area contributed by atoms with E-state index in [0.717, 1.165) is 39.2 Å². The fourth-order valence-corrected chi connectivity index (χ4v) is 3.64. The molecule has 1 saturated heterocycles. The van der Waals surface area contributed by atoms with Gasteiger partial charge in [0.25, 0.3) is 0 Å². The number of ether oxygens (including phenoxy) is 2. The second kappa shape index (κ2) is 7.48. The molecule has 4 rings (SSSR count). The van der Waals surface area contributed by atoms with Gasteiger partial charge in [0.05, 0.1) is 24.4 Å². The van der Waals surface area contributed by atoms with Gasteiger partial charge >= 0.3 is 0 Å². The fraction of sp³-hybridized carbons (Fsp3) is 0.273. The van der Waals surface area contributed by atoms with E-state index in [0.29, 0.717) is 13.0 Å². The number of nitrogens with zero attached hydrogens (tertiary/aromatic N) is 1. The van der Waals surface area contributed by atoms with E-state index in [1.807, 2.05) is 55.5 Å². The molecule has 0 spiro atoms. The maximum Gasteiger partial charge on any atom is 0.234 e. The highest BCUT2D eigenvalue weighted by molar-refractivity contribution is 5.91. The second-order valence-corrected chi connectivity index (χ2v) is 7.00. The number of hydrogen-bond donors (Lipinski definition) is 2. The molecule has 1 amide bonds. The maximum absolute atomic E-state index is 11.4. The second-order valence-electron chi connectivity index (χ2n) is 7.00. The van der Waals surface area contributed by atoms with Crippen molar-refractivity contribution in [1.29, 1.82) is 0 Å². The van der Waals surface area contributed by atoms with Crippen LogP contribution in [0.3, 0.4) is 0 Å². The molecule has 1 aliphatic heterocycles. The average molecular weight is 377 g/mol. The molecular weight excluding hydrogens is 354 g/mol. The highest BCUT2D eigenvalue weighted by Crippen LogP contribution is 2.36. The Morgan fingerprint density at radius 2 is 1.96 bits per heavy atom. The van der Waals surface area contributed by atoms with Crippen LogP contribution >= 0.6 is 0 Å². The Labute approximate surface area is 163 Å². The number of carbonyl (C=O) groups excluding carboxylic acids is 1. The minimum Gasteiger partial charge on any atom is -0.496 e.